The van der Waals surface area contributed by atoms with Gasteiger partial charge in [0, 0.05) is 6.04 Å². The number of nitrogens with one attached hydrogen (secondary N) is 1. The van der Waals surface area contributed by atoms with Crippen molar-refractivity contribution in [1.29, 1.82) is 0 Å². The van der Waals surface area contributed by atoms with Gasteiger partial charge in [0.1, 0.15) is 0 Å². The molecule has 0 aromatic carbocycles. The second kappa shape index (κ2) is 5.57. The van der Waals surface area contributed by atoms with Gasteiger partial charge in [-0.15, -0.1) is 0 Å². The number of hydrogen-bond donors (Lipinski definition) is 2. The molecule has 2 rings (SSSR count). The van der Waals surface area contributed by atoms with Crippen molar-refractivity contribution in [2.45, 2.75) is 45.7 Å². The van der Waals surface area contributed by atoms with Gasteiger partial charge in [0.15, 0.2) is 0 Å². The average Bonchev–Trinajstić information content (AvgIpc) is 2.83. The van der Waals surface area contributed by atoms with Crippen LogP contribution in [0.2, 0.25) is 0 Å². The first-order valence-corrected chi connectivity index (χ1v) is 6.77. The Labute approximate surface area is 114 Å². The predicted molar refractivity (Wildman–Crippen MR) is 76.9 cm³/mol. The predicted octanol–water partition coefficient (Wildman–Crippen LogP) is 1.78. The Morgan fingerprint density at radius 2 is 2.32 bits per heavy atom. The van der Waals surface area contributed by atoms with Crippen molar-refractivity contribution in [1.82, 2.24) is 9.88 Å². The van der Waals surface area contributed by atoms with Crippen LogP contribution in [-0.2, 0) is 4.79 Å². The second-order valence-corrected chi connectivity index (χ2v) is 5.38. The Hall–Kier alpha value is -1.62. The zero-order valence-electron chi connectivity index (χ0n) is 11.8. The third-order valence-electron chi connectivity index (χ3n) is 3.65. The van der Waals surface area contributed by atoms with E-state index in [1.807, 2.05) is 6.92 Å². The number of pyridine rings is 1. The summed E-state index contributed by atoms with van der Waals surface area (Å²) < 4.78 is 0. The van der Waals surface area contributed by atoms with Crippen LogP contribution in [0, 0.1) is 6.92 Å². The zero-order chi connectivity index (χ0) is 14.0. The highest BCUT2D eigenvalue weighted by molar-refractivity contribution is 5.95. The Morgan fingerprint density at radius 3 is 2.95 bits per heavy atom. The van der Waals surface area contributed by atoms with Crippen LogP contribution in [0.1, 0.15) is 32.4 Å². The van der Waals surface area contributed by atoms with Crippen molar-refractivity contribution in [2.24, 2.45) is 0 Å². The van der Waals surface area contributed by atoms with Crippen LogP contribution in [0.5, 0.6) is 0 Å². The monoisotopic (exact) mass is 262 g/mol. The summed E-state index contributed by atoms with van der Waals surface area (Å²) >= 11 is 0. The lowest BCUT2D eigenvalue weighted by Crippen LogP contribution is -2.43. The second-order valence-electron chi connectivity index (χ2n) is 5.38. The van der Waals surface area contributed by atoms with Crippen molar-refractivity contribution in [2.75, 3.05) is 17.6 Å². The van der Waals surface area contributed by atoms with Crippen LogP contribution in [0.15, 0.2) is 12.3 Å². The number of hydrogen-bond acceptors (Lipinski definition) is 4. The summed E-state index contributed by atoms with van der Waals surface area (Å²) in [5, 5.41) is 2.91. The molecule has 1 saturated heterocycles. The van der Waals surface area contributed by atoms with E-state index in [1.54, 1.807) is 12.3 Å². The molecule has 1 unspecified atom stereocenters. The van der Waals surface area contributed by atoms with Crippen LogP contribution in [0.25, 0.3) is 0 Å². The van der Waals surface area contributed by atoms with Crippen LogP contribution < -0.4 is 11.1 Å². The molecule has 5 nitrogen and oxygen atoms in total. The van der Waals surface area contributed by atoms with Gasteiger partial charge in [0.2, 0.25) is 5.91 Å². The van der Waals surface area contributed by atoms with E-state index in [0.29, 0.717) is 17.4 Å². The van der Waals surface area contributed by atoms with Gasteiger partial charge >= 0.3 is 0 Å². The molecule has 1 aromatic rings. The van der Waals surface area contributed by atoms with Gasteiger partial charge in [-0.3, -0.25) is 14.7 Å². The summed E-state index contributed by atoms with van der Waals surface area (Å²) in [6.45, 7) is 7.08. The molecule has 0 bridgehead atoms. The van der Waals surface area contributed by atoms with E-state index in [2.05, 4.69) is 29.0 Å². The maximum absolute atomic E-state index is 12.3. The fourth-order valence-corrected chi connectivity index (χ4v) is 2.53. The van der Waals surface area contributed by atoms with E-state index < -0.39 is 0 Å². The first-order valence-electron chi connectivity index (χ1n) is 6.77. The molecule has 1 aromatic heterocycles. The minimum atomic E-state index is -0.0393. The number of likely N-dealkylation sites (tertiary alicyclic amines) is 1. The number of amides is 1. The fraction of sp³-hybridized carbons (Fsp3) is 0.571. The Balaban J connectivity index is 2.06. The molecule has 0 saturated carbocycles. The number of anilines is 2. The van der Waals surface area contributed by atoms with E-state index in [-0.39, 0.29) is 11.9 Å². The molecule has 104 valence electrons. The van der Waals surface area contributed by atoms with Gasteiger partial charge in [-0.25, -0.2) is 0 Å². The van der Waals surface area contributed by atoms with Crippen molar-refractivity contribution >= 4 is 17.3 Å². The zero-order valence-corrected chi connectivity index (χ0v) is 11.8. The van der Waals surface area contributed by atoms with Crippen molar-refractivity contribution in [3.05, 3.63) is 18.0 Å². The molecule has 19 heavy (non-hydrogen) atoms. The molecule has 1 fully saturated rings. The molecule has 1 amide bonds. The van der Waals surface area contributed by atoms with Gasteiger partial charge in [-0.2, -0.15) is 0 Å². The van der Waals surface area contributed by atoms with E-state index in [1.165, 1.54) is 0 Å². The fourth-order valence-electron chi connectivity index (χ4n) is 2.53. The molecule has 1 aliphatic rings. The third kappa shape index (κ3) is 3.04. The smallest absolute Gasteiger partial charge is 0.241 e. The van der Waals surface area contributed by atoms with Gasteiger partial charge in [0.05, 0.1) is 29.3 Å². The average molecular weight is 262 g/mol. The first-order chi connectivity index (χ1) is 8.99. The Morgan fingerprint density at radius 1 is 1.58 bits per heavy atom. The quantitative estimate of drug-likeness (QED) is 0.871. The minimum absolute atomic E-state index is 0.0382. The Bertz CT molecular complexity index is 473. The van der Waals surface area contributed by atoms with Gasteiger partial charge in [-0.1, -0.05) is 0 Å². The van der Waals surface area contributed by atoms with E-state index >= 15 is 0 Å². The lowest BCUT2D eigenvalue weighted by Gasteiger charge is -2.27. The number of carbonyl (C=O) groups excluding carboxylic acids is 1. The van der Waals surface area contributed by atoms with Crippen molar-refractivity contribution < 1.29 is 4.79 Å². The molecular weight excluding hydrogens is 240 g/mol. The minimum Gasteiger partial charge on any atom is -0.397 e. The molecule has 2 heterocycles. The van der Waals surface area contributed by atoms with Crippen LogP contribution >= 0.6 is 0 Å². The van der Waals surface area contributed by atoms with Crippen LogP contribution in [0.3, 0.4) is 0 Å². The summed E-state index contributed by atoms with van der Waals surface area (Å²) in [7, 11) is 0. The number of carbonyl (C=O) groups is 1. The molecule has 5 heteroatoms. The molecule has 1 atom stereocenters. The Kier molecular flexibility index (Phi) is 4.04. The molecule has 1 aliphatic heterocycles. The molecule has 0 radical (unpaired) electrons. The van der Waals surface area contributed by atoms with Crippen molar-refractivity contribution in [3.63, 3.8) is 0 Å². The highest BCUT2D eigenvalue weighted by Gasteiger charge is 2.32. The standard InChI is InChI=1S/C14H22N4O/c1-9(2)18-6-4-5-13(18)14(19)17-11-7-12(15)10(3)16-8-11/h7-9,13H,4-6,15H2,1-3H3,(H,17,19). The summed E-state index contributed by atoms with van der Waals surface area (Å²) in [6, 6.07) is 2.11. The van der Waals surface area contributed by atoms with Crippen LogP contribution in [-0.4, -0.2) is 34.4 Å². The topological polar surface area (TPSA) is 71.2 Å². The third-order valence-corrected chi connectivity index (χ3v) is 3.65. The van der Waals surface area contributed by atoms with Gasteiger partial charge < -0.3 is 11.1 Å². The maximum atomic E-state index is 12.3. The van der Waals surface area contributed by atoms with E-state index in [9.17, 15) is 4.79 Å². The van der Waals surface area contributed by atoms with Crippen molar-refractivity contribution in [3.8, 4) is 0 Å². The highest BCUT2D eigenvalue weighted by atomic mass is 16.2. The number of aromatic nitrogens is 1. The molecular formula is C14H22N4O. The first kappa shape index (κ1) is 13.8. The summed E-state index contributed by atoms with van der Waals surface area (Å²) in [4.78, 5) is 18.7. The van der Waals surface area contributed by atoms with Crippen LogP contribution in [0.4, 0.5) is 11.4 Å². The lowest BCUT2D eigenvalue weighted by atomic mass is 10.2. The van der Waals surface area contributed by atoms with Gasteiger partial charge in [0.25, 0.3) is 0 Å². The molecule has 0 aliphatic carbocycles. The molecule has 3 N–H and O–H groups in total. The van der Waals surface area contributed by atoms with E-state index in [4.69, 9.17) is 5.73 Å². The summed E-state index contributed by atoms with van der Waals surface area (Å²) in [5.41, 5.74) is 7.85. The number of nitrogen functional groups attached to an aromatic ring is 1. The highest BCUT2D eigenvalue weighted by Crippen LogP contribution is 2.22. The van der Waals surface area contributed by atoms with Gasteiger partial charge in [-0.05, 0) is 46.2 Å². The number of nitrogens with zero attached hydrogens (tertiary/aromatic N) is 2. The summed E-state index contributed by atoms with van der Waals surface area (Å²) in [6.07, 6.45) is 3.64. The number of nitrogens with two attached hydrogens (primary N) is 1. The summed E-state index contributed by atoms with van der Waals surface area (Å²) in [5.74, 6) is 0.0382. The van der Waals surface area contributed by atoms with E-state index in [0.717, 1.165) is 25.1 Å². The SMILES string of the molecule is Cc1ncc(NC(=O)C2CCCN2C(C)C)cc1N. The number of rotatable bonds is 3. The molecule has 0 spiro atoms. The maximum Gasteiger partial charge on any atom is 0.241 e. The normalized spacial score (nSPS) is 19.9. The largest absolute Gasteiger partial charge is 0.397 e. The number of aryl methyl sites for hydroxylation is 1. The lowest BCUT2D eigenvalue weighted by molar-refractivity contribution is -0.120.